The number of thioether (sulfide) groups is 1. The number of benzene rings is 1. The Bertz CT molecular complexity index is 462. The molecule has 2 aromatic rings. The highest BCUT2D eigenvalue weighted by Gasteiger charge is 2.02. The molecule has 0 fully saturated rings. The van der Waals surface area contributed by atoms with Crippen LogP contribution in [0.2, 0.25) is 0 Å². The van der Waals surface area contributed by atoms with Crippen LogP contribution >= 0.6 is 23.1 Å². The summed E-state index contributed by atoms with van der Waals surface area (Å²) in [5.41, 5.74) is 0. The molecule has 3 heteroatoms. The van der Waals surface area contributed by atoms with Gasteiger partial charge >= 0.3 is 0 Å². The third-order valence-electron chi connectivity index (χ3n) is 2.93. The quantitative estimate of drug-likeness (QED) is 0.644. The normalized spacial score (nSPS) is 12.3. The van der Waals surface area contributed by atoms with E-state index in [-0.39, 0.29) is 0 Å². The van der Waals surface area contributed by atoms with Crippen molar-refractivity contribution in [2.24, 2.45) is 0 Å². The van der Waals surface area contributed by atoms with Gasteiger partial charge in [0.15, 0.2) is 0 Å². The summed E-state index contributed by atoms with van der Waals surface area (Å²) in [4.78, 5) is 2.70. The summed E-state index contributed by atoms with van der Waals surface area (Å²) in [7, 11) is 0. The molecule has 1 nitrogen and oxygen atoms in total. The molecular weight excluding hydrogens is 272 g/mol. The van der Waals surface area contributed by atoms with Gasteiger partial charge in [0.05, 0.1) is 6.61 Å². The van der Waals surface area contributed by atoms with E-state index in [0.29, 0.717) is 5.25 Å². The maximum atomic E-state index is 5.76. The van der Waals surface area contributed by atoms with E-state index >= 15 is 0 Å². The summed E-state index contributed by atoms with van der Waals surface area (Å²) < 4.78 is 5.76. The molecule has 0 aliphatic heterocycles. The maximum Gasteiger partial charge on any atom is 0.119 e. The molecular formula is C16H20OS2. The Labute approximate surface area is 124 Å². The summed E-state index contributed by atoms with van der Waals surface area (Å²) in [6, 6.07) is 12.7. The number of rotatable bonds is 7. The molecule has 19 heavy (non-hydrogen) atoms. The van der Waals surface area contributed by atoms with Gasteiger partial charge in [-0.1, -0.05) is 19.9 Å². The number of hydrogen-bond acceptors (Lipinski definition) is 3. The van der Waals surface area contributed by atoms with E-state index < -0.39 is 0 Å². The van der Waals surface area contributed by atoms with Gasteiger partial charge in [-0.05, 0) is 42.1 Å². The lowest BCUT2D eigenvalue weighted by molar-refractivity contribution is 0.323. The lowest BCUT2D eigenvalue weighted by Crippen LogP contribution is -1.99. The summed E-state index contributed by atoms with van der Waals surface area (Å²) in [5, 5.41) is 2.78. The zero-order valence-corrected chi connectivity index (χ0v) is 13.1. The first-order chi connectivity index (χ1) is 9.28. The predicted molar refractivity (Wildman–Crippen MR) is 85.6 cm³/mol. The Hall–Kier alpha value is -0.930. The van der Waals surface area contributed by atoms with Crippen LogP contribution in [0.3, 0.4) is 0 Å². The molecule has 1 heterocycles. The highest BCUT2D eigenvalue weighted by molar-refractivity contribution is 7.99. The molecule has 0 bridgehead atoms. The highest BCUT2D eigenvalue weighted by Crippen LogP contribution is 2.26. The van der Waals surface area contributed by atoms with Crippen molar-refractivity contribution in [3.05, 3.63) is 46.7 Å². The Morgan fingerprint density at radius 2 is 2.00 bits per heavy atom. The van der Waals surface area contributed by atoms with E-state index in [0.717, 1.165) is 18.8 Å². The fraction of sp³-hybridized carbons (Fsp3) is 0.375. The van der Waals surface area contributed by atoms with Gasteiger partial charge in [-0.2, -0.15) is 0 Å². The van der Waals surface area contributed by atoms with Gasteiger partial charge in [0.1, 0.15) is 5.75 Å². The topological polar surface area (TPSA) is 9.23 Å². The summed E-state index contributed by atoms with van der Waals surface area (Å²) in [5.74, 6) is 0.963. The minimum Gasteiger partial charge on any atom is -0.493 e. The SMILES string of the molecule is CCC(C)Sc1ccc(OCCc2cccs2)cc1. The van der Waals surface area contributed by atoms with Crippen LogP contribution in [0, 0.1) is 0 Å². The molecule has 0 aliphatic rings. The van der Waals surface area contributed by atoms with Gasteiger partial charge in [0.2, 0.25) is 0 Å². The second kappa shape index (κ2) is 7.61. The van der Waals surface area contributed by atoms with Crippen LogP contribution in [0.15, 0.2) is 46.7 Å². The molecule has 1 atom stereocenters. The van der Waals surface area contributed by atoms with E-state index in [1.165, 1.54) is 16.2 Å². The zero-order valence-electron chi connectivity index (χ0n) is 11.5. The molecule has 0 radical (unpaired) electrons. The van der Waals surface area contributed by atoms with Crippen molar-refractivity contribution in [3.8, 4) is 5.75 Å². The van der Waals surface area contributed by atoms with Crippen LogP contribution in [-0.2, 0) is 6.42 Å². The third-order valence-corrected chi connectivity index (χ3v) is 5.15. The van der Waals surface area contributed by atoms with Crippen LogP contribution < -0.4 is 4.74 Å². The second-order valence-corrected chi connectivity index (χ2v) is 7.03. The van der Waals surface area contributed by atoms with Crippen molar-refractivity contribution < 1.29 is 4.74 Å². The van der Waals surface area contributed by atoms with Crippen molar-refractivity contribution in [1.82, 2.24) is 0 Å². The lowest BCUT2D eigenvalue weighted by Gasteiger charge is -2.09. The van der Waals surface area contributed by atoms with Gasteiger partial charge in [-0.15, -0.1) is 23.1 Å². The fourth-order valence-corrected chi connectivity index (χ4v) is 3.27. The molecule has 0 amide bonds. The Balaban J connectivity index is 1.78. The monoisotopic (exact) mass is 292 g/mol. The fourth-order valence-electron chi connectivity index (χ4n) is 1.65. The van der Waals surface area contributed by atoms with E-state index in [1.54, 1.807) is 11.3 Å². The largest absolute Gasteiger partial charge is 0.493 e. The van der Waals surface area contributed by atoms with Crippen LogP contribution in [0.5, 0.6) is 5.75 Å². The molecule has 0 saturated heterocycles. The minimum atomic E-state index is 0.672. The minimum absolute atomic E-state index is 0.672. The van der Waals surface area contributed by atoms with E-state index in [4.69, 9.17) is 4.74 Å². The average molecular weight is 292 g/mol. The highest BCUT2D eigenvalue weighted by atomic mass is 32.2. The molecule has 0 saturated carbocycles. The lowest BCUT2D eigenvalue weighted by atomic mass is 10.3. The van der Waals surface area contributed by atoms with Crippen molar-refractivity contribution >= 4 is 23.1 Å². The molecule has 1 aromatic carbocycles. The van der Waals surface area contributed by atoms with Crippen molar-refractivity contribution in [1.29, 1.82) is 0 Å². The Kier molecular flexibility index (Phi) is 5.80. The van der Waals surface area contributed by atoms with Crippen molar-refractivity contribution in [2.75, 3.05) is 6.61 Å². The Morgan fingerprint density at radius 1 is 1.21 bits per heavy atom. The summed E-state index contributed by atoms with van der Waals surface area (Å²) in [6.07, 6.45) is 2.19. The Morgan fingerprint density at radius 3 is 2.63 bits per heavy atom. The number of hydrogen-bond donors (Lipinski definition) is 0. The molecule has 0 N–H and O–H groups in total. The third kappa shape index (κ3) is 4.92. The molecule has 2 rings (SSSR count). The molecule has 1 aromatic heterocycles. The van der Waals surface area contributed by atoms with Crippen LogP contribution in [0.4, 0.5) is 0 Å². The summed E-state index contributed by atoms with van der Waals surface area (Å²) >= 11 is 3.71. The van der Waals surface area contributed by atoms with Crippen molar-refractivity contribution in [2.45, 2.75) is 36.8 Å². The first kappa shape index (κ1) is 14.5. The zero-order chi connectivity index (χ0) is 13.5. The average Bonchev–Trinajstić information content (AvgIpc) is 2.94. The number of thiophene rings is 1. The van der Waals surface area contributed by atoms with Crippen LogP contribution in [0.1, 0.15) is 25.1 Å². The second-order valence-electron chi connectivity index (χ2n) is 4.49. The molecule has 0 spiro atoms. The standard InChI is InChI=1S/C16H20OS2/c1-3-13(2)19-16-8-6-14(7-9-16)17-11-10-15-5-4-12-18-15/h4-9,12-13H,3,10-11H2,1-2H3. The van der Waals surface area contributed by atoms with Gasteiger partial charge in [0.25, 0.3) is 0 Å². The van der Waals surface area contributed by atoms with Gasteiger partial charge in [-0.3, -0.25) is 0 Å². The first-order valence-electron chi connectivity index (χ1n) is 6.70. The van der Waals surface area contributed by atoms with Crippen LogP contribution in [0.25, 0.3) is 0 Å². The van der Waals surface area contributed by atoms with Crippen molar-refractivity contribution in [3.63, 3.8) is 0 Å². The predicted octanol–water partition coefficient (Wildman–Crippen LogP) is 5.26. The summed E-state index contributed by atoms with van der Waals surface area (Å²) in [6.45, 7) is 5.23. The van der Waals surface area contributed by atoms with Gasteiger partial charge in [0, 0.05) is 21.4 Å². The first-order valence-corrected chi connectivity index (χ1v) is 8.45. The van der Waals surface area contributed by atoms with E-state index in [9.17, 15) is 0 Å². The van der Waals surface area contributed by atoms with Gasteiger partial charge in [-0.25, -0.2) is 0 Å². The maximum absolute atomic E-state index is 5.76. The van der Waals surface area contributed by atoms with E-state index in [1.807, 2.05) is 11.8 Å². The molecule has 1 unspecified atom stereocenters. The molecule has 102 valence electrons. The van der Waals surface area contributed by atoms with Crippen LogP contribution in [-0.4, -0.2) is 11.9 Å². The number of ether oxygens (including phenoxy) is 1. The van der Waals surface area contributed by atoms with E-state index in [2.05, 4.69) is 55.6 Å². The molecule has 0 aliphatic carbocycles. The van der Waals surface area contributed by atoms with Gasteiger partial charge < -0.3 is 4.74 Å². The smallest absolute Gasteiger partial charge is 0.119 e.